The number of carbonyl (C=O) groups is 1. The molecule has 0 aromatic heterocycles. The molecule has 1 aliphatic carbocycles. The Kier molecular flexibility index (Phi) is 3.38. The maximum atomic E-state index is 13.6. The van der Waals surface area contributed by atoms with Crippen molar-refractivity contribution in [3.8, 4) is 0 Å². The molecule has 0 spiro atoms. The fourth-order valence-corrected chi connectivity index (χ4v) is 6.56. The van der Waals surface area contributed by atoms with Crippen LogP contribution in [0.1, 0.15) is 33.5 Å². The molecule has 1 unspecified atom stereocenters. The maximum Gasteiger partial charge on any atom is 0.258 e. The second kappa shape index (κ2) is 5.88. The molecule has 140 valence electrons. The SMILES string of the molecule is C=CC(=O)N1C2c3cc4ccccc4cc3C(c3cc4ccccc4cc32)S1=O. The van der Waals surface area contributed by atoms with Gasteiger partial charge in [0.25, 0.3) is 5.91 Å². The number of amides is 1. The van der Waals surface area contributed by atoms with Gasteiger partial charge in [-0.2, -0.15) is 0 Å². The molecule has 0 saturated heterocycles. The quantitative estimate of drug-likeness (QED) is 0.417. The third-order valence-electron chi connectivity index (χ3n) is 6.08. The predicted molar refractivity (Wildman–Crippen MR) is 117 cm³/mol. The molecule has 4 heteroatoms. The minimum atomic E-state index is -1.49. The highest BCUT2D eigenvalue weighted by atomic mass is 32.2. The molecular weight excluding hydrogens is 378 g/mol. The summed E-state index contributed by atoms with van der Waals surface area (Å²) in [5, 5.41) is 4.14. The van der Waals surface area contributed by atoms with Crippen molar-refractivity contribution in [2.75, 3.05) is 0 Å². The van der Waals surface area contributed by atoms with Gasteiger partial charge in [0.2, 0.25) is 0 Å². The van der Waals surface area contributed by atoms with E-state index in [9.17, 15) is 9.00 Å². The summed E-state index contributed by atoms with van der Waals surface area (Å²) in [5.74, 6) is -0.295. The van der Waals surface area contributed by atoms with Crippen molar-refractivity contribution < 1.29 is 9.00 Å². The van der Waals surface area contributed by atoms with Crippen LogP contribution in [0.25, 0.3) is 21.5 Å². The van der Waals surface area contributed by atoms with Gasteiger partial charge in [-0.15, -0.1) is 0 Å². The molecule has 2 heterocycles. The van der Waals surface area contributed by atoms with Gasteiger partial charge in [-0.3, -0.25) is 4.79 Å². The molecule has 7 rings (SSSR count). The van der Waals surface area contributed by atoms with Crippen LogP contribution < -0.4 is 0 Å². The molecule has 3 nitrogen and oxygen atoms in total. The molecular formula is C25H17NO2S. The lowest BCUT2D eigenvalue weighted by atomic mass is 9.79. The zero-order valence-electron chi connectivity index (χ0n) is 15.5. The fourth-order valence-electron chi connectivity index (χ4n) is 4.81. The van der Waals surface area contributed by atoms with Gasteiger partial charge >= 0.3 is 0 Å². The molecule has 29 heavy (non-hydrogen) atoms. The van der Waals surface area contributed by atoms with E-state index in [1.165, 1.54) is 10.4 Å². The Morgan fingerprint density at radius 1 is 0.793 bits per heavy atom. The topological polar surface area (TPSA) is 37.4 Å². The van der Waals surface area contributed by atoms with Gasteiger partial charge in [-0.25, -0.2) is 8.51 Å². The molecule has 0 saturated carbocycles. The number of benzene rings is 4. The van der Waals surface area contributed by atoms with Crippen molar-refractivity contribution in [2.45, 2.75) is 11.3 Å². The number of hydrogen-bond acceptors (Lipinski definition) is 2. The van der Waals surface area contributed by atoms with Crippen LogP contribution in [-0.2, 0) is 15.8 Å². The number of rotatable bonds is 1. The Morgan fingerprint density at radius 2 is 1.21 bits per heavy atom. The Bertz CT molecular complexity index is 1300. The highest BCUT2D eigenvalue weighted by Crippen LogP contribution is 2.54. The number of fused-ring (bicyclic) bond motifs is 3. The van der Waals surface area contributed by atoms with E-state index in [1.54, 1.807) is 0 Å². The second-order valence-corrected chi connectivity index (χ2v) is 9.00. The average molecular weight is 395 g/mol. The van der Waals surface area contributed by atoms with Crippen LogP contribution in [-0.4, -0.2) is 14.4 Å². The summed E-state index contributed by atoms with van der Waals surface area (Å²) in [6, 6.07) is 24.6. The Morgan fingerprint density at radius 3 is 1.62 bits per heavy atom. The summed E-state index contributed by atoms with van der Waals surface area (Å²) in [5.41, 5.74) is 4.24. The van der Waals surface area contributed by atoms with Gasteiger partial charge in [0.15, 0.2) is 0 Å². The van der Waals surface area contributed by atoms with Crippen molar-refractivity contribution in [3.05, 3.63) is 108 Å². The first-order valence-electron chi connectivity index (χ1n) is 9.59. The van der Waals surface area contributed by atoms with Crippen LogP contribution in [0, 0.1) is 0 Å². The van der Waals surface area contributed by atoms with E-state index in [0.717, 1.165) is 43.8 Å². The molecule has 3 aliphatic rings. The van der Waals surface area contributed by atoms with Crippen molar-refractivity contribution in [2.24, 2.45) is 0 Å². The Balaban J connectivity index is 1.72. The van der Waals surface area contributed by atoms with E-state index in [0.29, 0.717) is 0 Å². The van der Waals surface area contributed by atoms with Gasteiger partial charge in [0.1, 0.15) is 16.2 Å². The van der Waals surface area contributed by atoms with Crippen molar-refractivity contribution in [1.29, 1.82) is 0 Å². The first-order chi connectivity index (χ1) is 14.2. The third-order valence-corrected chi connectivity index (χ3v) is 7.77. The summed E-state index contributed by atoms with van der Waals surface area (Å²) < 4.78 is 15.1. The van der Waals surface area contributed by atoms with Gasteiger partial charge < -0.3 is 0 Å². The molecule has 1 amide bonds. The largest absolute Gasteiger partial charge is 0.269 e. The zero-order valence-corrected chi connectivity index (χ0v) is 16.4. The lowest BCUT2D eigenvalue weighted by Crippen LogP contribution is -2.46. The van der Waals surface area contributed by atoms with E-state index < -0.39 is 11.0 Å². The molecule has 0 N–H and O–H groups in total. The summed E-state index contributed by atoms with van der Waals surface area (Å²) >= 11 is 0. The van der Waals surface area contributed by atoms with Crippen molar-refractivity contribution in [3.63, 3.8) is 0 Å². The van der Waals surface area contributed by atoms with E-state index in [1.807, 2.05) is 24.3 Å². The average Bonchev–Trinajstić information content (AvgIpc) is 2.76. The van der Waals surface area contributed by atoms with Crippen LogP contribution in [0.2, 0.25) is 0 Å². The summed E-state index contributed by atoms with van der Waals surface area (Å²) in [4.78, 5) is 12.7. The van der Waals surface area contributed by atoms with E-state index in [-0.39, 0.29) is 17.2 Å². The van der Waals surface area contributed by atoms with Crippen LogP contribution in [0.3, 0.4) is 0 Å². The number of hydrogen-bond donors (Lipinski definition) is 0. The lowest BCUT2D eigenvalue weighted by molar-refractivity contribution is -0.122. The molecule has 4 aromatic rings. The molecule has 2 bridgehead atoms. The van der Waals surface area contributed by atoms with Gasteiger partial charge in [0.05, 0.1) is 6.04 Å². The van der Waals surface area contributed by atoms with Crippen molar-refractivity contribution >= 4 is 38.4 Å². The molecule has 0 radical (unpaired) electrons. The summed E-state index contributed by atoms with van der Waals surface area (Å²) in [6.07, 6.45) is 1.26. The fraction of sp³-hybridized carbons (Fsp3) is 0.0800. The second-order valence-electron chi connectivity index (χ2n) is 7.58. The van der Waals surface area contributed by atoms with E-state index in [2.05, 4.69) is 55.1 Å². The summed E-state index contributed by atoms with van der Waals surface area (Å²) in [7, 11) is -1.49. The Hall–Kier alpha value is -3.24. The highest BCUT2D eigenvalue weighted by molar-refractivity contribution is 7.83. The lowest BCUT2D eigenvalue weighted by Gasteiger charge is -2.46. The van der Waals surface area contributed by atoms with E-state index in [4.69, 9.17) is 0 Å². The summed E-state index contributed by atoms with van der Waals surface area (Å²) in [6.45, 7) is 3.64. The monoisotopic (exact) mass is 395 g/mol. The number of nitrogens with zero attached hydrogens (tertiary/aromatic N) is 1. The highest BCUT2D eigenvalue weighted by Gasteiger charge is 2.49. The molecule has 1 atom stereocenters. The number of carbonyl (C=O) groups excluding carboxylic acids is 1. The minimum Gasteiger partial charge on any atom is -0.269 e. The van der Waals surface area contributed by atoms with Gasteiger partial charge in [-0.1, -0.05) is 55.1 Å². The van der Waals surface area contributed by atoms with E-state index >= 15 is 0 Å². The van der Waals surface area contributed by atoms with Gasteiger partial charge in [-0.05, 0) is 74.1 Å². The molecule has 4 aromatic carbocycles. The standard InChI is InChI=1S/C25H17NO2S/c1-2-23(27)26-24-19-11-15-7-3-5-9-17(15)13-21(19)25(29(26)28)22-14-18-10-6-4-8-16(18)12-20(22)24/h2-14,24-25H,1H2. The van der Waals surface area contributed by atoms with Crippen LogP contribution in [0.15, 0.2) is 85.5 Å². The minimum absolute atomic E-state index is 0.295. The van der Waals surface area contributed by atoms with Gasteiger partial charge in [0, 0.05) is 0 Å². The maximum absolute atomic E-state index is 13.6. The smallest absolute Gasteiger partial charge is 0.258 e. The Labute approximate surface area is 170 Å². The molecule has 2 aliphatic heterocycles. The van der Waals surface area contributed by atoms with Crippen LogP contribution >= 0.6 is 0 Å². The van der Waals surface area contributed by atoms with Crippen molar-refractivity contribution in [1.82, 2.24) is 4.31 Å². The third kappa shape index (κ3) is 2.18. The normalized spacial score (nSPS) is 21.8. The first-order valence-corrected chi connectivity index (χ1v) is 10.8. The predicted octanol–water partition coefficient (Wildman–Crippen LogP) is 5.18. The molecule has 0 fully saturated rings. The first kappa shape index (κ1) is 16.7. The van der Waals surface area contributed by atoms with Crippen LogP contribution in [0.5, 0.6) is 0 Å². The zero-order chi connectivity index (χ0) is 19.7. The van der Waals surface area contributed by atoms with Crippen LogP contribution in [0.4, 0.5) is 0 Å².